The molecule has 2 aliphatic heterocycles. The van der Waals surface area contributed by atoms with Crippen molar-refractivity contribution in [1.29, 1.82) is 0 Å². The lowest BCUT2D eigenvalue weighted by Gasteiger charge is -2.21. The zero-order valence-electron chi connectivity index (χ0n) is 12.5. The first-order valence-electron chi connectivity index (χ1n) is 7.68. The summed E-state index contributed by atoms with van der Waals surface area (Å²) in [6, 6.07) is 8.59. The van der Waals surface area contributed by atoms with E-state index in [4.69, 9.17) is 0 Å². The number of rotatable bonds is 4. The first-order valence-corrected chi connectivity index (χ1v) is 9.77. The number of carbonyl (C=O) groups excluding carboxylic acids is 1. The lowest BCUT2D eigenvalue weighted by Crippen LogP contribution is -2.37. The summed E-state index contributed by atoms with van der Waals surface area (Å²) >= 11 is 4.02. The summed E-state index contributed by atoms with van der Waals surface area (Å²) in [7, 11) is 0. The van der Waals surface area contributed by atoms with Crippen molar-refractivity contribution in [2.24, 2.45) is 0 Å². The second kappa shape index (κ2) is 9.06. The molecule has 0 radical (unpaired) electrons. The van der Waals surface area contributed by atoms with Crippen LogP contribution in [0.1, 0.15) is 39.8 Å². The molecule has 0 bridgehead atoms. The number of nitrogens with one attached hydrogen (secondary N) is 2. The highest BCUT2D eigenvalue weighted by Crippen LogP contribution is 2.43. The Balaban J connectivity index is 0.00000176. The van der Waals surface area contributed by atoms with E-state index >= 15 is 0 Å². The summed E-state index contributed by atoms with van der Waals surface area (Å²) in [6.07, 6.45) is 3.68. The van der Waals surface area contributed by atoms with Crippen LogP contribution in [0.2, 0.25) is 0 Å². The second-order valence-corrected chi connectivity index (χ2v) is 8.28. The zero-order chi connectivity index (χ0) is 14.5. The molecule has 0 saturated carbocycles. The van der Waals surface area contributed by atoms with Crippen molar-refractivity contribution >= 4 is 41.8 Å². The third-order valence-corrected chi connectivity index (χ3v) is 6.96. The molecular weight excluding hydrogens is 336 g/mol. The number of benzene rings is 1. The molecule has 2 fully saturated rings. The number of thioether (sulfide) groups is 2. The number of hydrogen-bond acceptors (Lipinski definition) is 4. The van der Waals surface area contributed by atoms with Gasteiger partial charge in [-0.3, -0.25) is 4.79 Å². The van der Waals surface area contributed by atoms with Crippen LogP contribution < -0.4 is 10.6 Å². The summed E-state index contributed by atoms with van der Waals surface area (Å²) in [6.45, 7) is 1.81. The molecule has 2 saturated heterocycles. The van der Waals surface area contributed by atoms with E-state index in [2.05, 4.69) is 22.8 Å². The smallest absolute Gasteiger partial charge is 0.251 e. The van der Waals surface area contributed by atoms with E-state index in [1.54, 1.807) is 0 Å². The number of amides is 1. The highest BCUT2D eigenvalue weighted by atomic mass is 35.5. The van der Waals surface area contributed by atoms with Crippen LogP contribution in [0.4, 0.5) is 0 Å². The SMILES string of the molecule is Cl.O=C(NCC1CCCN1)c1ccc(C2SCCCS2)cc1. The van der Waals surface area contributed by atoms with Gasteiger partial charge in [0.15, 0.2) is 0 Å². The zero-order valence-corrected chi connectivity index (χ0v) is 15.0. The quantitative estimate of drug-likeness (QED) is 0.864. The number of halogens is 1. The monoisotopic (exact) mass is 358 g/mol. The van der Waals surface area contributed by atoms with E-state index < -0.39 is 0 Å². The minimum Gasteiger partial charge on any atom is -0.350 e. The normalized spacial score (nSPS) is 22.1. The Labute approximate surface area is 147 Å². The molecule has 0 aromatic heterocycles. The maximum absolute atomic E-state index is 12.1. The molecule has 1 atom stereocenters. The van der Waals surface area contributed by atoms with Gasteiger partial charge in [-0.25, -0.2) is 0 Å². The predicted molar refractivity (Wildman–Crippen MR) is 99.3 cm³/mol. The fourth-order valence-corrected chi connectivity index (χ4v) is 5.62. The van der Waals surface area contributed by atoms with Gasteiger partial charge in [-0.2, -0.15) is 0 Å². The molecule has 6 heteroatoms. The lowest BCUT2D eigenvalue weighted by atomic mass is 10.1. The standard InChI is InChI=1S/C16H22N2OS2.ClH/c19-15(18-11-14-3-1-8-17-14)12-4-6-13(7-5-12)16-20-9-2-10-21-16;/h4-7,14,16-17H,1-3,8-11H2,(H,18,19);1H. The molecule has 2 heterocycles. The van der Waals surface area contributed by atoms with Crippen LogP contribution in [0.15, 0.2) is 24.3 Å². The summed E-state index contributed by atoms with van der Waals surface area (Å²) in [4.78, 5) is 12.1. The average Bonchev–Trinajstić information content (AvgIpc) is 3.07. The van der Waals surface area contributed by atoms with Gasteiger partial charge in [-0.15, -0.1) is 35.9 Å². The number of carbonyl (C=O) groups is 1. The van der Waals surface area contributed by atoms with Crippen LogP contribution >= 0.6 is 35.9 Å². The second-order valence-electron chi connectivity index (χ2n) is 5.55. The topological polar surface area (TPSA) is 41.1 Å². The van der Waals surface area contributed by atoms with Gasteiger partial charge in [-0.05, 0) is 55.0 Å². The van der Waals surface area contributed by atoms with E-state index in [0.717, 1.165) is 25.1 Å². The van der Waals surface area contributed by atoms with E-state index in [1.165, 1.54) is 29.9 Å². The molecule has 1 aromatic carbocycles. The Kier molecular flexibility index (Phi) is 7.41. The Morgan fingerprint density at radius 1 is 1.18 bits per heavy atom. The third-order valence-electron chi connectivity index (χ3n) is 3.94. The van der Waals surface area contributed by atoms with Crippen molar-refractivity contribution in [1.82, 2.24) is 10.6 Å². The highest BCUT2D eigenvalue weighted by molar-refractivity contribution is 8.16. The minimum atomic E-state index is 0. The Bertz CT molecular complexity index is 472. The van der Waals surface area contributed by atoms with Crippen LogP contribution in [-0.4, -0.2) is 36.5 Å². The van der Waals surface area contributed by atoms with Crippen LogP contribution in [0.5, 0.6) is 0 Å². The van der Waals surface area contributed by atoms with E-state index in [9.17, 15) is 4.79 Å². The summed E-state index contributed by atoms with van der Waals surface area (Å²) in [5, 5.41) is 6.42. The van der Waals surface area contributed by atoms with Gasteiger partial charge in [0, 0.05) is 18.2 Å². The Morgan fingerprint density at radius 2 is 1.91 bits per heavy atom. The maximum atomic E-state index is 12.1. The molecule has 122 valence electrons. The van der Waals surface area contributed by atoms with Crippen molar-refractivity contribution < 1.29 is 4.79 Å². The van der Waals surface area contributed by atoms with Crippen molar-refractivity contribution in [2.75, 3.05) is 24.6 Å². The molecule has 0 aliphatic carbocycles. The molecule has 0 spiro atoms. The largest absolute Gasteiger partial charge is 0.350 e. The first kappa shape index (κ1) is 18.0. The fraction of sp³-hybridized carbons (Fsp3) is 0.562. The van der Waals surface area contributed by atoms with Gasteiger partial charge in [0.1, 0.15) is 0 Å². The van der Waals surface area contributed by atoms with Crippen molar-refractivity contribution in [3.63, 3.8) is 0 Å². The van der Waals surface area contributed by atoms with E-state index in [0.29, 0.717) is 10.6 Å². The van der Waals surface area contributed by atoms with Crippen LogP contribution in [-0.2, 0) is 0 Å². The first-order chi connectivity index (χ1) is 10.3. The summed E-state index contributed by atoms with van der Waals surface area (Å²) in [5.74, 6) is 2.53. The Morgan fingerprint density at radius 3 is 2.55 bits per heavy atom. The van der Waals surface area contributed by atoms with Gasteiger partial charge in [-0.1, -0.05) is 12.1 Å². The van der Waals surface area contributed by atoms with Gasteiger partial charge < -0.3 is 10.6 Å². The summed E-state index contributed by atoms with van der Waals surface area (Å²) in [5.41, 5.74) is 2.10. The molecule has 22 heavy (non-hydrogen) atoms. The molecule has 2 N–H and O–H groups in total. The van der Waals surface area contributed by atoms with Crippen molar-refractivity contribution in [3.8, 4) is 0 Å². The van der Waals surface area contributed by atoms with E-state index in [1.807, 2.05) is 35.7 Å². The van der Waals surface area contributed by atoms with Crippen LogP contribution in [0, 0.1) is 0 Å². The molecule has 3 rings (SSSR count). The van der Waals surface area contributed by atoms with Crippen molar-refractivity contribution in [2.45, 2.75) is 29.9 Å². The molecule has 3 nitrogen and oxygen atoms in total. The van der Waals surface area contributed by atoms with Gasteiger partial charge in [0.2, 0.25) is 0 Å². The average molecular weight is 359 g/mol. The van der Waals surface area contributed by atoms with Gasteiger partial charge in [0.05, 0.1) is 4.58 Å². The molecule has 1 amide bonds. The molecular formula is C16H23ClN2OS2. The fourth-order valence-electron chi connectivity index (χ4n) is 2.72. The third kappa shape index (κ3) is 4.82. The van der Waals surface area contributed by atoms with Crippen LogP contribution in [0.25, 0.3) is 0 Å². The Hall–Kier alpha value is -0.360. The lowest BCUT2D eigenvalue weighted by molar-refractivity contribution is 0.0950. The van der Waals surface area contributed by atoms with E-state index in [-0.39, 0.29) is 18.3 Å². The predicted octanol–water partition coefficient (Wildman–Crippen LogP) is 3.46. The maximum Gasteiger partial charge on any atom is 0.251 e. The molecule has 1 unspecified atom stereocenters. The highest BCUT2D eigenvalue weighted by Gasteiger charge is 2.18. The minimum absolute atomic E-state index is 0. The van der Waals surface area contributed by atoms with Crippen molar-refractivity contribution in [3.05, 3.63) is 35.4 Å². The van der Waals surface area contributed by atoms with Gasteiger partial charge >= 0.3 is 0 Å². The summed E-state index contributed by atoms with van der Waals surface area (Å²) < 4.78 is 0.540. The molecule has 1 aromatic rings. The van der Waals surface area contributed by atoms with Gasteiger partial charge in [0.25, 0.3) is 5.91 Å². The van der Waals surface area contributed by atoms with Crippen LogP contribution in [0.3, 0.4) is 0 Å². The molecule has 2 aliphatic rings. The number of hydrogen-bond donors (Lipinski definition) is 2.